The van der Waals surface area contributed by atoms with Gasteiger partial charge >= 0.3 is 11.9 Å². The number of carboxylic acid groups (broad SMARTS) is 1. The number of methoxy groups -OCH3 is 1. The molecule has 7 heteroatoms. The predicted molar refractivity (Wildman–Crippen MR) is 128 cm³/mol. The molecule has 0 aliphatic heterocycles. The van der Waals surface area contributed by atoms with Crippen LogP contribution in [0.2, 0.25) is 0 Å². The van der Waals surface area contributed by atoms with Crippen LogP contribution in [0, 0.1) is 0 Å². The number of esters is 1. The fraction of sp³-hybridized carbons (Fsp3) is 0.115. The average Bonchev–Trinajstić information content (AvgIpc) is 3.27. The zero-order valence-electron chi connectivity index (χ0n) is 17.9. The van der Waals surface area contributed by atoms with Crippen molar-refractivity contribution >= 4 is 45.1 Å². The van der Waals surface area contributed by atoms with E-state index in [-0.39, 0.29) is 12.4 Å². The van der Waals surface area contributed by atoms with Gasteiger partial charge in [0.1, 0.15) is 17.4 Å². The molecule has 0 aliphatic carbocycles. The van der Waals surface area contributed by atoms with Crippen molar-refractivity contribution in [3.63, 3.8) is 0 Å². The highest BCUT2D eigenvalue weighted by molar-refractivity contribution is 7.19. The molecular weight excluding hydrogens is 438 g/mol. The van der Waals surface area contributed by atoms with E-state index < -0.39 is 5.97 Å². The summed E-state index contributed by atoms with van der Waals surface area (Å²) >= 11 is 1.48. The van der Waals surface area contributed by atoms with E-state index in [1.807, 2.05) is 66.7 Å². The Morgan fingerprint density at radius 2 is 1.73 bits per heavy atom. The molecule has 0 amide bonds. The molecule has 0 aliphatic rings. The minimum Gasteiger partial charge on any atom is -0.489 e. The van der Waals surface area contributed by atoms with E-state index in [1.165, 1.54) is 18.4 Å². The summed E-state index contributed by atoms with van der Waals surface area (Å²) in [4.78, 5) is 27.5. The number of para-hydroxylation sites is 1. The van der Waals surface area contributed by atoms with Crippen LogP contribution < -0.4 is 4.74 Å². The standard InChI is InChI=1S/C26H21NO5S/c1-31-26(30)19-10-6-18(7-11-19)16-32-21-12-8-17(9-13-21)14-20(15-24(28)29)25-27-22-4-2-3-5-23(22)33-25/h2-14H,15-16H2,1H3,(H,28,29). The molecule has 6 nitrogen and oxygen atoms in total. The molecule has 1 N–H and O–H groups in total. The fourth-order valence-corrected chi connectivity index (χ4v) is 4.22. The third kappa shape index (κ3) is 5.64. The Hall–Kier alpha value is -3.97. The first-order valence-corrected chi connectivity index (χ1v) is 11.0. The second-order valence-corrected chi connectivity index (χ2v) is 8.30. The maximum Gasteiger partial charge on any atom is 0.337 e. The zero-order chi connectivity index (χ0) is 23.2. The molecule has 0 unspecified atom stereocenters. The Kier molecular flexibility index (Phi) is 6.80. The highest BCUT2D eigenvalue weighted by atomic mass is 32.1. The summed E-state index contributed by atoms with van der Waals surface area (Å²) in [6, 6.07) is 22.2. The summed E-state index contributed by atoms with van der Waals surface area (Å²) in [6.07, 6.45) is 1.74. The van der Waals surface area contributed by atoms with Crippen molar-refractivity contribution in [2.75, 3.05) is 7.11 Å². The van der Waals surface area contributed by atoms with Gasteiger partial charge in [-0.1, -0.05) is 36.4 Å². The first-order valence-electron chi connectivity index (χ1n) is 10.2. The van der Waals surface area contributed by atoms with Crippen molar-refractivity contribution < 1.29 is 24.2 Å². The van der Waals surface area contributed by atoms with Crippen molar-refractivity contribution in [3.05, 3.63) is 94.5 Å². The van der Waals surface area contributed by atoms with E-state index >= 15 is 0 Å². The summed E-state index contributed by atoms with van der Waals surface area (Å²) in [5.74, 6) is -0.595. The molecule has 166 valence electrons. The average molecular weight is 460 g/mol. The quantitative estimate of drug-likeness (QED) is 0.341. The Balaban J connectivity index is 1.47. The number of aromatic nitrogens is 1. The zero-order valence-corrected chi connectivity index (χ0v) is 18.7. The first kappa shape index (κ1) is 22.2. The number of rotatable bonds is 8. The van der Waals surface area contributed by atoms with Crippen molar-refractivity contribution in [1.29, 1.82) is 0 Å². The van der Waals surface area contributed by atoms with Gasteiger partial charge in [0.2, 0.25) is 0 Å². The number of nitrogens with zero attached hydrogens (tertiary/aromatic N) is 1. The van der Waals surface area contributed by atoms with Crippen LogP contribution >= 0.6 is 11.3 Å². The van der Waals surface area contributed by atoms with Gasteiger partial charge in [0.15, 0.2) is 0 Å². The Labute approximate surface area is 194 Å². The summed E-state index contributed by atoms with van der Waals surface area (Å²) in [5, 5.41) is 10.1. The molecular formula is C26H21NO5S. The van der Waals surface area contributed by atoms with Crippen molar-refractivity contribution in [2.45, 2.75) is 13.0 Å². The van der Waals surface area contributed by atoms with E-state index in [4.69, 9.17) is 9.47 Å². The molecule has 1 aromatic heterocycles. The number of ether oxygens (including phenoxy) is 2. The number of aliphatic carboxylic acids is 1. The highest BCUT2D eigenvalue weighted by Gasteiger charge is 2.13. The van der Waals surface area contributed by atoms with E-state index in [0.29, 0.717) is 28.5 Å². The van der Waals surface area contributed by atoms with Gasteiger partial charge < -0.3 is 14.6 Å². The van der Waals surface area contributed by atoms with Crippen molar-refractivity contribution in [2.24, 2.45) is 0 Å². The second kappa shape index (κ2) is 10.1. The molecule has 0 spiro atoms. The minimum atomic E-state index is -0.904. The second-order valence-electron chi connectivity index (χ2n) is 7.27. The van der Waals surface area contributed by atoms with Gasteiger partial charge in [0, 0.05) is 0 Å². The molecule has 0 bridgehead atoms. The number of carboxylic acids is 1. The molecule has 0 atom stereocenters. The van der Waals surface area contributed by atoms with Crippen molar-refractivity contribution in [3.8, 4) is 5.75 Å². The number of carbonyl (C=O) groups is 2. The highest BCUT2D eigenvalue weighted by Crippen LogP contribution is 2.30. The molecule has 3 aromatic carbocycles. The van der Waals surface area contributed by atoms with Crippen LogP contribution in [-0.4, -0.2) is 29.1 Å². The maximum absolute atomic E-state index is 11.5. The first-order chi connectivity index (χ1) is 16.0. The summed E-state index contributed by atoms with van der Waals surface area (Å²) < 4.78 is 11.5. The van der Waals surface area contributed by atoms with Crippen LogP contribution in [0.5, 0.6) is 5.75 Å². The van der Waals surface area contributed by atoms with Gasteiger partial charge in [-0.05, 0) is 59.2 Å². The van der Waals surface area contributed by atoms with Crippen molar-refractivity contribution in [1.82, 2.24) is 4.98 Å². The number of hydrogen-bond donors (Lipinski definition) is 1. The molecule has 1 heterocycles. The number of thiazole rings is 1. The van der Waals surface area contributed by atoms with Gasteiger partial charge in [-0.3, -0.25) is 4.79 Å². The monoisotopic (exact) mass is 459 g/mol. The number of hydrogen-bond acceptors (Lipinski definition) is 6. The van der Waals surface area contributed by atoms with Gasteiger partial charge in [-0.15, -0.1) is 11.3 Å². The summed E-state index contributed by atoms with van der Waals surface area (Å²) in [7, 11) is 1.35. The fourth-order valence-electron chi connectivity index (χ4n) is 3.24. The molecule has 4 aromatic rings. The van der Waals surface area contributed by atoms with E-state index in [2.05, 4.69) is 4.98 Å². The molecule has 4 rings (SSSR count). The molecule has 0 saturated carbocycles. The Morgan fingerprint density at radius 3 is 2.39 bits per heavy atom. The third-order valence-corrected chi connectivity index (χ3v) is 6.02. The Bertz CT molecular complexity index is 1270. The van der Waals surface area contributed by atoms with Crippen LogP contribution in [0.1, 0.15) is 32.9 Å². The Morgan fingerprint density at radius 1 is 1.00 bits per heavy atom. The lowest BCUT2D eigenvalue weighted by molar-refractivity contribution is -0.135. The van der Waals surface area contributed by atoms with Crippen LogP contribution in [-0.2, 0) is 16.1 Å². The van der Waals surface area contributed by atoms with Crippen LogP contribution in [0.15, 0.2) is 72.8 Å². The molecule has 33 heavy (non-hydrogen) atoms. The van der Waals surface area contributed by atoms with Crippen LogP contribution in [0.25, 0.3) is 21.9 Å². The lowest BCUT2D eigenvalue weighted by Crippen LogP contribution is -2.02. The van der Waals surface area contributed by atoms with Gasteiger partial charge in [0.05, 0.1) is 29.3 Å². The SMILES string of the molecule is COC(=O)c1ccc(COc2ccc(C=C(CC(=O)O)c3nc4ccccc4s3)cc2)cc1. The largest absolute Gasteiger partial charge is 0.489 e. The van der Waals surface area contributed by atoms with Crippen LogP contribution in [0.3, 0.4) is 0 Å². The van der Waals surface area contributed by atoms with E-state index in [1.54, 1.807) is 12.1 Å². The summed E-state index contributed by atoms with van der Waals surface area (Å²) in [5.41, 5.74) is 3.79. The van der Waals surface area contributed by atoms with Crippen LogP contribution in [0.4, 0.5) is 0 Å². The van der Waals surface area contributed by atoms with Gasteiger partial charge in [0.25, 0.3) is 0 Å². The predicted octanol–water partition coefficient (Wildman–Crippen LogP) is 5.68. The number of carbonyl (C=O) groups excluding carboxylic acids is 1. The lowest BCUT2D eigenvalue weighted by atomic mass is 10.1. The van der Waals surface area contributed by atoms with E-state index in [0.717, 1.165) is 21.3 Å². The number of benzene rings is 3. The molecule has 0 fully saturated rings. The summed E-state index contributed by atoms with van der Waals surface area (Å²) in [6.45, 7) is 0.354. The smallest absolute Gasteiger partial charge is 0.337 e. The molecule has 0 radical (unpaired) electrons. The third-order valence-electron chi connectivity index (χ3n) is 4.91. The normalized spacial score (nSPS) is 11.4. The van der Waals surface area contributed by atoms with Gasteiger partial charge in [-0.25, -0.2) is 9.78 Å². The number of fused-ring (bicyclic) bond motifs is 1. The van der Waals surface area contributed by atoms with Gasteiger partial charge in [-0.2, -0.15) is 0 Å². The minimum absolute atomic E-state index is 0.111. The molecule has 0 saturated heterocycles. The lowest BCUT2D eigenvalue weighted by Gasteiger charge is -2.08. The topological polar surface area (TPSA) is 85.7 Å². The van der Waals surface area contributed by atoms with E-state index in [9.17, 15) is 14.7 Å². The maximum atomic E-state index is 11.5.